The highest BCUT2D eigenvalue weighted by molar-refractivity contribution is 5.76. The van der Waals surface area contributed by atoms with E-state index in [0.717, 1.165) is 24.8 Å². The van der Waals surface area contributed by atoms with Crippen LogP contribution in [-0.2, 0) is 12.8 Å². The van der Waals surface area contributed by atoms with E-state index >= 15 is 0 Å². The second kappa shape index (κ2) is 2.22. The van der Waals surface area contributed by atoms with E-state index in [1.807, 2.05) is 6.92 Å². The first kappa shape index (κ1) is 6.65. The zero-order valence-electron chi connectivity index (χ0n) is 6.61. The lowest BCUT2D eigenvalue weighted by Gasteiger charge is -1.88. The van der Waals surface area contributed by atoms with Gasteiger partial charge in [0.15, 0.2) is 6.29 Å². The molecule has 1 aliphatic rings. The van der Waals surface area contributed by atoms with Gasteiger partial charge in [0.05, 0.1) is 5.69 Å². The maximum Gasteiger partial charge on any atom is 0.166 e. The van der Waals surface area contributed by atoms with Crippen LogP contribution in [0.2, 0.25) is 0 Å². The minimum Gasteiger partial charge on any atom is -0.356 e. The van der Waals surface area contributed by atoms with Crippen LogP contribution in [0.5, 0.6) is 0 Å². The Morgan fingerprint density at radius 2 is 2.09 bits per heavy atom. The van der Waals surface area contributed by atoms with Crippen molar-refractivity contribution >= 4 is 6.29 Å². The molecule has 1 aromatic rings. The fourth-order valence-corrected chi connectivity index (χ4v) is 1.91. The van der Waals surface area contributed by atoms with Crippen molar-refractivity contribution in [1.82, 2.24) is 4.98 Å². The highest BCUT2D eigenvalue weighted by Crippen LogP contribution is 2.27. The topological polar surface area (TPSA) is 32.9 Å². The predicted molar refractivity (Wildman–Crippen MR) is 42.9 cm³/mol. The summed E-state index contributed by atoms with van der Waals surface area (Å²) in [7, 11) is 0. The van der Waals surface area contributed by atoms with Gasteiger partial charge < -0.3 is 4.98 Å². The number of nitrogens with one attached hydrogen (secondary N) is 1. The van der Waals surface area contributed by atoms with Crippen LogP contribution in [0.3, 0.4) is 0 Å². The smallest absolute Gasteiger partial charge is 0.166 e. The molecule has 2 nitrogen and oxygen atoms in total. The summed E-state index contributed by atoms with van der Waals surface area (Å²) in [4.78, 5) is 13.6. The van der Waals surface area contributed by atoms with Gasteiger partial charge in [-0.15, -0.1) is 0 Å². The molecule has 0 saturated carbocycles. The number of carbonyl (C=O) groups is 1. The van der Waals surface area contributed by atoms with Crippen LogP contribution in [0.1, 0.15) is 33.7 Å². The average molecular weight is 149 g/mol. The largest absolute Gasteiger partial charge is 0.356 e. The summed E-state index contributed by atoms with van der Waals surface area (Å²) in [6, 6.07) is 0. The summed E-state index contributed by atoms with van der Waals surface area (Å²) < 4.78 is 0. The van der Waals surface area contributed by atoms with E-state index in [4.69, 9.17) is 0 Å². The molecule has 1 aliphatic carbocycles. The standard InChI is InChI=1S/C9H11NO/c1-6-7-3-2-4-8(7)9(5-11)10-6/h5,10H,2-4H2,1H3. The Morgan fingerprint density at radius 3 is 2.82 bits per heavy atom. The van der Waals surface area contributed by atoms with Crippen LogP contribution < -0.4 is 0 Å². The van der Waals surface area contributed by atoms with Gasteiger partial charge in [-0.3, -0.25) is 4.79 Å². The molecule has 0 radical (unpaired) electrons. The van der Waals surface area contributed by atoms with Gasteiger partial charge >= 0.3 is 0 Å². The van der Waals surface area contributed by atoms with Gasteiger partial charge in [0.2, 0.25) is 0 Å². The lowest BCUT2D eigenvalue weighted by Crippen LogP contribution is -1.85. The SMILES string of the molecule is Cc1[nH]c(C=O)c2c1CCC2. The Labute approximate surface area is 65.6 Å². The van der Waals surface area contributed by atoms with Gasteiger partial charge in [0, 0.05) is 5.69 Å². The third-order valence-electron chi connectivity index (χ3n) is 2.44. The normalized spacial score (nSPS) is 15.0. The molecule has 0 fully saturated rings. The molecule has 11 heavy (non-hydrogen) atoms. The highest BCUT2D eigenvalue weighted by Gasteiger charge is 2.18. The maximum atomic E-state index is 10.5. The van der Waals surface area contributed by atoms with Crippen LogP contribution in [0.15, 0.2) is 0 Å². The van der Waals surface area contributed by atoms with E-state index < -0.39 is 0 Å². The van der Waals surface area contributed by atoms with Gasteiger partial charge in [0.1, 0.15) is 0 Å². The monoisotopic (exact) mass is 149 g/mol. The van der Waals surface area contributed by atoms with Gasteiger partial charge in [-0.05, 0) is 37.3 Å². The fraction of sp³-hybridized carbons (Fsp3) is 0.444. The van der Waals surface area contributed by atoms with Crippen molar-refractivity contribution in [2.45, 2.75) is 26.2 Å². The average Bonchev–Trinajstić information content (AvgIpc) is 2.54. The third-order valence-corrected chi connectivity index (χ3v) is 2.44. The third kappa shape index (κ3) is 0.821. The van der Waals surface area contributed by atoms with Crippen molar-refractivity contribution < 1.29 is 4.79 Å². The van der Waals surface area contributed by atoms with Crippen LogP contribution in [0.4, 0.5) is 0 Å². The van der Waals surface area contributed by atoms with Crippen molar-refractivity contribution in [3.05, 3.63) is 22.5 Å². The van der Waals surface area contributed by atoms with Crippen LogP contribution in [-0.4, -0.2) is 11.3 Å². The molecule has 1 N–H and O–H groups in total. The summed E-state index contributed by atoms with van der Waals surface area (Å²) in [5.41, 5.74) is 4.62. The zero-order chi connectivity index (χ0) is 7.84. The minimum absolute atomic E-state index is 0.801. The van der Waals surface area contributed by atoms with E-state index in [1.165, 1.54) is 23.2 Å². The number of carbonyl (C=O) groups excluding carboxylic acids is 1. The molecule has 0 unspecified atom stereocenters. The van der Waals surface area contributed by atoms with E-state index in [-0.39, 0.29) is 0 Å². The number of rotatable bonds is 1. The zero-order valence-corrected chi connectivity index (χ0v) is 6.61. The summed E-state index contributed by atoms with van der Waals surface area (Å²) >= 11 is 0. The molecule has 2 heteroatoms. The van der Waals surface area contributed by atoms with Gasteiger partial charge in [-0.2, -0.15) is 0 Å². The van der Waals surface area contributed by atoms with Crippen molar-refractivity contribution in [2.24, 2.45) is 0 Å². The summed E-state index contributed by atoms with van der Waals surface area (Å²) in [5.74, 6) is 0. The Bertz CT molecular complexity index is 299. The van der Waals surface area contributed by atoms with Crippen molar-refractivity contribution in [3.8, 4) is 0 Å². The number of fused-ring (bicyclic) bond motifs is 1. The Kier molecular flexibility index (Phi) is 1.34. The molecular formula is C9H11NO. The van der Waals surface area contributed by atoms with Crippen LogP contribution >= 0.6 is 0 Å². The number of aryl methyl sites for hydroxylation is 1. The molecule has 2 rings (SSSR count). The van der Waals surface area contributed by atoms with Gasteiger partial charge in [0.25, 0.3) is 0 Å². The lowest BCUT2D eigenvalue weighted by molar-refractivity contribution is 0.111. The molecule has 0 spiro atoms. The second-order valence-corrected chi connectivity index (χ2v) is 3.09. The number of H-pyrrole nitrogens is 1. The number of aromatic nitrogens is 1. The van der Waals surface area contributed by atoms with E-state index in [0.29, 0.717) is 0 Å². The Morgan fingerprint density at radius 1 is 1.36 bits per heavy atom. The van der Waals surface area contributed by atoms with Gasteiger partial charge in [-0.25, -0.2) is 0 Å². The second-order valence-electron chi connectivity index (χ2n) is 3.09. The first-order valence-electron chi connectivity index (χ1n) is 3.98. The Balaban J connectivity index is 2.60. The maximum absolute atomic E-state index is 10.5. The van der Waals surface area contributed by atoms with Crippen molar-refractivity contribution in [3.63, 3.8) is 0 Å². The fourth-order valence-electron chi connectivity index (χ4n) is 1.91. The number of aldehydes is 1. The molecule has 0 aromatic carbocycles. The molecule has 0 aliphatic heterocycles. The molecule has 0 amide bonds. The first-order valence-corrected chi connectivity index (χ1v) is 3.98. The van der Waals surface area contributed by atoms with Crippen LogP contribution in [0, 0.1) is 6.92 Å². The van der Waals surface area contributed by atoms with Gasteiger partial charge in [-0.1, -0.05) is 0 Å². The van der Waals surface area contributed by atoms with Crippen molar-refractivity contribution in [1.29, 1.82) is 0 Å². The molecule has 0 bridgehead atoms. The summed E-state index contributed by atoms with van der Waals surface area (Å²) in [5, 5.41) is 0. The molecule has 1 heterocycles. The molecule has 0 saturated heterocycles. The summed E-state index contributed by atoms with van der Waals surface area (Å²) in [6.07, 6.45) is 4.36. The molecule has 0 atom stereocenters. The molecule has 58 valence electrons. The highest BCUT2D eigenvalue weighted by atomic mass is 16.1. The number of aromatic amines is 1. The molecular weight excluding hydrogens is 138 g/mol. The summed E-state index contributed by atoms with van der Waals surface area (Å²) in [6.45, 7) is 2.04. The van der Waals surface area contributed by atoms with E-state index in [2.05, 4.69) is 4.98 Å². The quantitative estimate of drug-likeness (QED) is 0.605. The first-order chi connectivity index (χ1) is 5.33. The minimum atomic E-state index is 0.801. The van der Waals surface area contributed by atoms with E-state index in [9.17, 15) is 4.79 Å². The molecule has 1 aromatic heterocycles. The van der Waals surface area contributed by atoms with E-state index in [1.54, 1.807) is 0 Å². The number of hydrogen-bond donors (Lipinski definition) is 1. The number of hydrogen-bond acceptors (Lipinski definition) is 1. The Hall–Kier alpha value is -1.05. The predicted octanol–water partition coefficient (Wildman–Crippen LogP) is 1.62. The lowest BCUT2D eigenvalue weighted by atomic mass is 10.2. The van der Waals surface area contributed by atoms with Crippen LogP contribution in [0.25, 0.3) is 0 Å². The van der Waals surface area contributed by atoms with Crippen molar-refractivity contribution in [2.75, 3.05) is 0 Å².